The number of aliphatic carboxylic acids is 1. The first-order chi connectivity index (χ1) is 20.3. The van der Waals surface area contributed by atoms with Crippen LogP contribution >= 0.6 is 0 Å². The molecule has 234 valence electrons. The van der Waals surface area contributed by atoms with E-state index < -0.39 is 11.6 Å². The Labute approximate surface area is 255 Å². The molecule has 2 aromatic carbocycles. The van der Waals surface area contributed by atoms with E-state index in [2.05, 4.69) is 30.9 Å². The summed E-state index contributed by atoms with van der Waals surface area (Å²) < 4.78 is 11.7. The number of aryl methyl sites for hydroxylation is 1. The first kappa shape index (κ1) is 32.3. The Morgan fingerprint density at radius 3 is 2.37 bits per heavy atom. The Bertz CT molecular complexity index is 1300. The molecule has 2 aromatic rings. The number of piperazine rings is 1. The summed E-state index contributed by atoms with van der Waals surface area (Å²) >= 11 is 0. The molecule has 2 amide bonds. The van der Waals surface area contributed by atoms with Crippen molar-refractivity contribution >= 4 is 23.7 Å². The number of hydrogen-bond donors (Lipinski definition) is 1. The number of carbonyl (C=O) groups excluding carboxylic acids is 2. The molecule has 1 heterocycles. The number of hydrogen-bond acceptors (Lipinski definition) is 6. The first-order valence-corrected chi connectivity index (χ1v) is 15.4. The highest BCUT2D eigenvalue weighted by Gasteiger charge is 2.32. The van der Waals surface area contributed by atoms with E-state index in [9.17, 15) is 14.4 Å². The number of carboxylic acids is 1. The third-order valence-corrected chi connectivity index (χ3v) is 8.36. The molecule has 0 bridgehead atoms. The SMILES string of the molecule is Cc1cc(N(C)C(=O)[C@H]2CC[C@H](Oc3cccc(CC(=O)O)c3)CC2)ccc1CN1CCN(C(=O)OC(C)(C)C)[C@@H](C)C1. The number of carbonyl (C=O) groups is 3. The molecule has 2 fully saturated rings. The van der Waals surface area contributed by atoms with Gasteiger partial charge in [0.15, 0.2) is 0 Å². The van der Waals surface area contributed by atoms with Gasteiger partial charge in [-0.3, -0.25) is 14.5 Å². The van der Waals surface area contributed by atoms with E-state index >= 15 is 0 Å². The zero-order chi connectivity index (χ0) is 31.3. The number of anilines is 1. The molecule has 1 saturated carbocycles. The van der Waals surface area contributed by atoms with Gasteiger partial charge in [-0.1, -0.05) is 18.2 Å². The van der Waals surface area contributed by atoms with E-state index in [0.717, 1.165) is 56.6 Å². The molecule has 9 heteroatoms. The molecule has 0 unspecified atom stereocenters. The Hall–Kier alpha value is -3.59. The van der Waals surface area contributed by atoms with Crippen LogP contribution in [0.15, 0.2) is 42.5 Å². The van der Waals surface area contributed by atoms with Crippen LogP contribution in [0.5, 0.6) is 5.75 Å². The van der Waals surface area contributed by atoms with Gasteiger partial charge in [-0.15, -0.1) is 0 Å². The average molecular weight is 594 g/mol. The quantitative estimate of drug-likeness (QED) is 0.421. The Morgan fingerprint density at radius 1 is 1.02 bits per heavy atom. The van der Waals surface area contributed by atoms with Gasteiger partial charge in [0.25, 0.3) is 0 Å². The summed E-state index contributed by atoms with van der Waals surface area (Å²) in [4.78, 5) is 43.0. The van der Waals surface area contributed by atoms with Gasteiger partial charge >= 0.3 is 12.1 Å². The van der Waals surface area contributed by atoms with Crippen molar-refractivity contribution in [2.24, 2.45) is 5.92 Å². The second-order valence-electron chi connectivity index (χ2n) is 13.1. The molecule has 1 N–H and O–H groups in total. The summed E-state index contributed by atoms with van der Waals surface area (Å²) in [5, 5.41) is 9.05. The van der Waals surface area contributed by atoms with Crippen molar-refractivity contribution in [2.45, 2.75) is 91.0 Å². The largest absolute Gasteiger partial charge is 0.490 e. The Balaban J connectivity index is 1.27. The van der Waals surface area contributed by atoms with E-state index in [1.165, 1.54) is 5.56 Å². The van der Waals surface area contributed by atoms with Crippen LogP contribution < -0.4 is 9.64 Å². The van der Waals surface area contributed by atoms with Gasteiger partial charge < -0.3 is 24.4 Å². The maximum absolute atomic E-state index is 13.4. The van der Waals surface area contributed by atoms with Crippen LogP contribution in [0.4, 0.5) is 10.5 Å². The number of carboxylic acid groups (broad SMARTS) is 1. The second kappa shape index (κ2) is 13.8. The van der Waals surface area contributed by atoms with Crippen LogP contribution in [0.25, 0.3) is 0 Å². The molecule has 1 saturated heterocycles. The zero-order valence-corrected chi connectivity index (χ0v) is 26.5. The summed E-state index contributed by atoms with van der Waals surface area (Å²) in [7, 11) is 1.85. The number of nitrogens with zero attached hydrogens (tertiary/aromatic N) is 3. The zero-order valence-electron chi connectivity index (χ0n) is 26.5. The van der Waals surface area contributed by atoms with Gasteiger partial charge in [0.05, 0.1) is 12.5 Å². The van der Waals surface area contributed by atoms with Crippen LogP contribution in [0.2, 0.25) is 0 Å². The number of ether oxygens (including phenoxy) is 2. The van der Waals surface area contributed by atoms with Crippen molar-refractivity contribution in [1.82, 2.24) is 9.80 Å². The van der Waals surface area contributed by atoms with Crippen molar-refractivity contribution in [2.75, 3.05) is 31.6 Å². The topological polar surface area (TPSA) is 99.6 Å². The summed E-state index contributed by atoms with van der Waals surface area (Å²) in [5.41, 5.74) is 3.46. The predicted octanol–water partition coefficient (Wildman–Crippen LogP) is 5.66. The van der Waals surface area contributed by atoms with Gasteiger partial charge in [0, 0.05) is 50.9 Å². The minimum absolute atomic E-state index is 0.0182. The van der Waals surface area contributed by atoms with Gasteiger partial charge in [-0.2, -0.15) is 0 Å². The van der Waals surface area contributed by atoms with Gasteiger partial charge in [0.2, 0.25) is 5.91 Å². The molecule has 1 aliphatic carbocycles. The summed E-state index contributed by atoms with van der Waals surface area (Å²) in [6.45, 7) is 12.8. The Kier molecular flexibility index (Phi) is 10.4. The van der Waals surface area contributed by atoms with E-state index in [-0.39, 0.29) is 36.5 Å². The fourth-order valence-electron chi connectivity index (χ4n) is 6.00. The standard InChI is InChI=1S/C34H47N3O6/c1-23-18-28(13-10-27(23)22-36-16-17-37(24(2)21-36)33(41)43-34(3,4)5)35(6)32(40)26-11-14-29(15-12-26)42-30-9-7-8-25(19-30)20-31(38)39/h7-10,13,18-19,24,26,29H,11-12,14-17,20-22H2,1-6H3,(H,38,39)/t24-,26-,29-/m0/s1. The second-order valence-corrected chi connectivity index (χ2v) is 13.1. The van der Waals surface area contributed by atoms with Crippen molar-refractivity contribution in [1.29, 1.82) is 0 Å². The highest BCUT2D eigenvalue weighted by Crippen LogP contribution is 2.31. The smallest absolute Gasteiger partial charge is 0.410 e. The Morgan fingerprint density at radius 2 is 1.74 bits per heavy atom. The molecule has 0 radical (unpaired) electrons. The molecule has 4 rings (SSSR count). The van der Waals surface area contributed by atoms with Crippen LogP contribution in [-0.2, 0) is 27.3 Å². The van der Waals surface area contributed by atoms with Crippen molar-refractivity contribution < 1.29 is 29.0 Å². The predicted molar refractivity (Wildman–Crippen MR) is 166 cm³/mol. The van der Waals surface area contributed by atoms with Crippen LogP contribution in [0.1, 0.15) is 70.1 Å². The van der Waals surface area contributed by atoms with Crippen LogP contribution in [-0.4, -0.2) is 77.3 Å². The summed E-state index contributed by atoms with van der Waals surface area (Å²) in [6.07, 6.45) is 2.81. The molecule has 43 heavy (non-hydrogen) atoms. The number of amides is 2. The summed E-state index contributed by atoms with van der Waals surface area (Å²) in [5.74, 6) is -0.109. The molecule has 2 aliphatic rings. The van der Waals surface area contributed by atoms with Crippen molar-refractivity contribution in [3.63, 3.8) is 0 Å². The lowest BCUT2D eigenvalue weighted by Gasteiger charge is -2.40. The lowest BCUT2D eigenvalue weighted by molar-refractivity contribution is -0.136. The van der Waals surface area contributed by atoms with E-state index in [0.29, 0.717) is 17.9 Å². The molecular weight excluding hydrogens is 546 g/mol. The van der Waals surface area contributed by atoms with Crippen LogP contribution in [0.3, 0.4) is 0 Å². The van der Waals surface area contributed by atoms with Crippen molar-refractivity contribution in [3.05, 3.63) is 59.2 Å². The highest BCUT2D eigenvalue weighted by molar-refractivity contribution is 5.94. The minimum Gasteiger partial charge on any atom is -0.490 e. The molecule has 1 atom stereocenters. The maximum Gasteiger partial charge on any atom is 0.410 e. The maximum atomic E-state index is 13.4. The third kappa shape index (κ3) is 8.95. The van der Waals surface area contributed by atoms with Gasteiger partial charge in [0.1, 0.15) is 11.4 Å². The fraction of sp³-hybridized carbons (Fsp3) is 0.559. The van der Waals surface area contributed by atoms with Gasteiger partial charge in [-0.05, 0) is 101 Å². The fourth-order valence-corrected chi connectivity index (χ4v) is 6.00. The normalized spacial score (nSPS) is 21.3. The average Bonchev–Trinajstić information content (AvgIpc) is 2.92. The lowest BCUT2D eigenvalue weighted by atomic mass is 9.86. The molecular formula is C34H47N3O6. The first-order valence-electron chi connectivity index (χ1n) is 15.4. The number of benzene rings is 2. The van der Waals surface area contributed by atoms with E-state index in [1.54, 1.807) is 17.0 Å². The monoisotopic (exact) mass is 593 g/mol. The van der Waals surface area contributed by atoms with Crippen LogP contribution in [0, 0.1) is 12.8 Å². The van der Waals surface area contributed by atoms with E-state index in [1.807, 2.05) is 50.9 Å². The van der Waals surface area contributed by atoms with Crippen molar-refractivity contribution in [3.8, 4) is 5.75 Å². The molecule has 1 aliphatic heterocycles. The van der Waals surface area contributed by atoms with E-state index in [4.69, 9.17) is 14.6 Å². The third-order valence-electron chi connectivity index (χ3n) is 8.36. The minimum atomic E-state index is -0.866. The highest BCUT2D eigenvalue weighted by atomic mass is 16.6. The molecule has 9 nitrogen and oxygen atoms in total. The molecule has 0 aromatic heterocycles. The lowest BCUT2D eigenvalue weighted by Crippen LogP contribution is -2.54. The van der Waals surface area contributed by atoms with Gasteiger partial charge in [-0.25, -0.2) is 4.79 Å². The number of rotatable bonds is 8. The molecule has 0 spiro atoms. The summed E-state index contributed by atoms with van der Waals surface area (Å²) in [6, 6.07) is 13.5.